The summed E-state index contributed by atoms with van der Waals surface area (Å²) in [6.07, 6.45) is -0.390. The lowest BCUT2D eigenvalue weighted by molar-refractivity contribution is -0.119. The number of para-hydroxylation sites is 1. The van der Waals surface area contributed by atoms with Crippen LogP contribution in [0.25, 0.3) is 0 Å². The quantitative estimate of drug-likeness (QED) is 0.924. The van der Waals surface area contributed by atoms with E-state index in [2.05, 4.69) is 0 Å². The van der Waals surface area contributed by atoms with E-state index in [0.29, 0.717) is 12.1 Å². The SMILES string of the molecule is CC(C)(C)OC(=O)N(C(=O)[C@H](N)Cc1ccccc1)c1ccccc1. The summed E-state index contributed by atoms with van der Waals surface area (Å²) in [5.74, 6) is -0.496. The Hall–Kier alpha value is -2.66. The number of amides is 2. The van der Waals surface area contributed by atoms with Crippen LogP contribution in [-0.4, -0.2) is 23.6 Å². The molecule has 132 valence electrons. The van der Waals surface area contributed by atoms with Gasteiger partial charge in [-0.3, -0.25) is 4.79 Å². The van der Waals surface area contributed by atoms with Crippen LogP contribution in [0.1, 0.15) is 26.3 Å². The van der Waals surface area contributed by atoms with Crippen LogP contribution in [0.15, 0.2) is 60.7 Å². The molecule has 2 amide bonds. The molecular formula is C20H24N2O3. The predicted octanol–water partition coefficient (Wildman–Crippen LogP) is 3.52. The van der Waals surface area contributed by atoms with E-state index in [1.807, 2.05) is 36.4 Å². The summed E-state index contributed by atoms with van der Waals surface area (Å²) in [6, 6.07) is 17.3. The topological polar surface area (TPSA) is 72.6 Å². The monoisotopic (exact) mass is 340 g/mol. The molecule has 0 radical (unpaired) electrons. The van der Waals surface area contributed by atoms with Crippen molar-refractivity contribution in [2.24, 2.45) is 5.73 Å². The molecule has 2 N–H and O–H groups in total. The van der Waals surface area contributed by atoms with E-state index >= 15 is 0 Å². The van der Waals surface area contributed by atoms with Gasteiger partial charge in [0.05, 0.1) is 11.7 Å². The number of hydrogen-bond acceptors (Lipinski definition) is 4. The Labute approximate surface area is 148 Å². The van der Waals surface area contributed by atoms with Gasteiger partial charge in [0.25, 0.3) is 5.91 Å². The number of imide groups is 1. The summed E-state index contributed by atoms with van der Waals surface area (Å²) in [4.78, 5) is 26.5. The van der Waals surface area contributed by atoms with Crippen LogP contribution in [0, 0.1) is 0 Å². The van der Waals surface area contributed by atoms with E-state index in [1.165, 1.54) is 0 Å². The van der Waals surface area contributed by atoms with Crippen molar-refractivity contribution in [3.63, 3.8) is 0 Å². The molecular weight excluding hydrogens is 316 g/mol. The summed E-state index contributed by atoms with van der Waals surface area (Å²) < 4.78 is 5.39. The largest absolute Gasteiger partial charge is 0.443 e. The molecule has 2 rings (SSSR count). The second-order valence-corrected chi connectivity index (χ2v) is 6.79. The number of hydrogen-bond donors (Lipinski definition) is 1. The first kappa shape index (κ1) is 18.7. The standard InChI is InChI=1S/C20H24N2O3/c1-20(2,3)25-19(24)22(16-12-8-5-9-13-16)18(23)17(21)14-15-10-6-4-7-11-15/h4-13,17H,14,21H2,1-3H3/t17-/m1/s1. The van der Waals surface area contributed by atoms with Gasteiger partial charge in [0.1, 0.15) is 5.60 Å². The predicted molar refractivity (Wildman–Crippen MR) is 98.3 cm³/mol. The van der Waals surface area contributed by atoms with Crippen LogP contribution in [-0.2, 0) is 16.0 Å². The van der Waals surface area contributed by atoms with Gasteiger partial charge in [0.15, 0.2) is 0 Å². The molecule has 0 aliphatic carbocycles. The number of ether oxygens (including phenoxy) is 1. The molecule has 0 saturated heterocycles. The van der Waals surface area contributed by atoms with E-state index in [4.69, 9.17) is 10.5 Å². The lowest BCUT2D eigenvalue weighted by Crippen LogP contribution is -2.49. The van der Waals surface area contributed by atoms with E-state index in [-0.39, 0.29) is 0 Å². The third-order valence-corrected chi connectivity index (χ3v) is 3.43. The van der Waals surface area contributed by atoms with Gasteiger partial charge in [0.2, 0.25) is 0 Å². The second kappa shape index (κ2) is 7.94. The Morgan fingerprint density at radius 2 is 1.52 bits per heavy atom. The van der Waals surface area contributed by atoms with Gasteiger partial charge in [-0.2, -0.15) is 0 Å². The average Bonchev–Trinajstić information content (AvgIpc) is 2.55. The first-order chi connectivity index (χ1) is 11.8. The molecule has 1 atom stereocenters. The highest BCUT2D eigenvalue weighted by molar-refractivity contribution is 6.14. The zero-order valence-corrected chi connectivity index (χ0v) is 14.8. The second-order valence-electron chi connectivity index (χ2n) is 6.79. The highest BCUT2D eigenvalue weighted by Crippen LogP contribution is 2.19. The maximum absolute atomic E-state index is 12.9. The third kappa shape index (κ3) is 5.43. The van der Waals surface area contributed by atoms with Gasteiger partial charge in [0, 0.05) is 0 Å². The lowest BCUT2D eigenvalue weighted by atomic mass is 10.1. The lowest BCUT2D eigenvalue weighted by Gasteiger charge is -2.28. The number of nitrogens with zero attached hydrogens (tertiary/aromatic N) is 1. The van der Waals surface area contributed by atoms with Gasteiger partial charge in [-0.1, -0.05) is 48.5 Å². The molecule has 5 heteroatoms. The normalized spacial score (nSPS) is 12.3. The minimum atomic E-state index is -0.852. The number of benzene rings is 2. The summed E-state index contributed by atoms with van der Waals surface area (Å²) in [7, 11) is 0. The molecule has 0 fully saturated rings. The Kier molecular flexibility index (Phi) is 5.93. The van der Waals surface area contributed by atoms with Crippen LogP contribution in [0.3, 0.4) is 0 Å². The molecule has 0 heterocycles. The molecule has 0 aromatic heterocycles. The average molecular weight is 340 g/mol. The Morgan fingerprint density at radius 1 is 1.00 bits per heavy atom. The highest BCUT2D eigenvalue weighted by Gasteiger charge is 2.31. The van der Waals surface area contributed by atoms with Gasteiger partial charge in [-0.25, -0.2) is 9.69 Å². The fraction of sp³-hybridized carbons (Fsp3) is 0.300. The zero-order chi connectivity index (χ0) is 18.4. The van der Waals surface area contributed by atoms with Crippen molar-refractivity contribution < 1.29 is 14.3 Å². The number of carbonyl (C=O) groups is 2. The Balaban J connectivity index is 2.25. The van der Waals surface area contributed by atoms with E-state index in [1.54, 1.807) is 45.0 Å². The van der Waals surface area contributed by atoms with Crippen molar-refractivity contribution in [1.82, 2.24) is 0 Å². The van der Waals surface area contributed by atoms with Crippen molar-refractivity contribution in [1.29, 1.82) is 0 Å². The minimum Gasteiger partial charge on any atom is -0.443 e. The fourth-order valence-corrected chi connectivity index (χ4v) is 2.33. The smallest absolute Gasteiger partial charge is 0.421 e. The highest BCUT2D eigenvalue weighted by atomic mass is 16.6. The van der Waals surface area contributed by atoms with Gasteiger partial charge in [-0.15, -0.1) is 0 Å². The molecule has 0 unspecified atom stereocenters. The van der Waals surface area contributed by atoms with E-state index in [0.717, 1.165) is 10.5 Å². The number of anilines is 1. The molecule has 5 nitrogen and oxygen atoms in total. The minimum absolute atomic E-state index is 0.339. The van der Waals surface area contributed by atoms with Crippen molar-refractivity contribution in [3.05, 3.63) is 66.2 Å². The van der Waals surface area contributed by atoms with Crippen molar-refractivity contribution >= 4 is 17.7 Å². The summed E-state index contributed by atoms with van der Waals surface area (Å²) in [5.41, 5.74) is 6.74. The maximum Gasteiger partial charge on any atom is 0.421 e. The molecule has 0 saturated carbocycles. The zero-order valence-electron chi connectivity index (χ0n) is 14.8. The summed E-state index contributed by atoms with van der Waals surface area (Å²) in [5, 5.41) is 0. The molecule has 0 aliphatic heterocycles. The van der Waals surface area contributed by atoms with Crippen LogP contribution in [0.2, 0.25) is 0 Å². The third-order valence-electron chi connectivity index (χ3n) is 3.43. The van der Waals surface area contributed by atoms with Crippen LogP contribution < -0.4 is 10.6 Å². The summed E-state index contributed by atoms with van der Waals surface area (Å²) >= 11 is 0. The molecule has 0 spiro atoms. The number of carbonyl (C=O) groups excluding carboxylic acids is 2. The number of nitrogens with two attached hydrogens (primary N) is 1. The summed E-state index contributed by atoms with van der Waals surface area (Å²) in [6.45, 7) is 5.26. The first-order valence-corrected chi connectivity index (χ1v) is 8.19. The maximum atomic E-state index is 12.9. The number of rotatable bonds is 4. The molecule has 25 heavy (non-hydrogen) atoms. The van der Waals surface area contributed by atoms with Crippen LogP contribution >= 0.6 is 0 Å². The van der Waals surface area contributed by atoms with E-state index < -0.39 is 23.6 Å². The molecule has 2 aromatic carbocycles. The van der Waals surface area contributed by atoms with Crippen LogP contribution in [0.5, 0.6) is 0 Å². The molecule has 0 bridgehead atoms. The molecule has 0 aliphatic rings. The van der Waals surface area contributed by atoms with Crippen molar-refractivity contribution in [2.75, 3.05) is 4.90 Å². The molecule has 2 aromatic rings. The van der Waals surface area contributed by atoms with Gasteiger partial charge < -0.3 is 10.5 Å². The fourth-order valence-electron chi connectivity index (χ4n) is 2.33. The van der Waals surface area contributed by atoms with E-state index in [9.17, 15) is 9.59 Å². The Bertz CT molecular complexity index is 709. The van der Waals surface area contributed by atoms with Gasteiger partial charge in [-0.05, 0) is 44.9 Å². The van der Waals surface area contributed by atoms with Crippen LogP contribution in [0.4, 0.5) is 10.5 Å². The van der Waals surface area contributed by atoms with Gasteiger partial charge >= 0.3 is 6.09 Å². The van der Waals surface area contributed by atoms with Crippen molar-refractivity contribution in [2.45, 2.75) is 38.8 Å². The van der Waals surface area contributed by atoms with Crippen molar-refractivity contribution in [3.8, 4) is 0 Å². The Morgan fingerprint density at radius 3 is 2.04 bits per heavy atom. The first-order valence-electron chi connectivity index (χ1n) is 8.19.